The van der Waals surface area contributed by atoms with Crippen LogP contribution in [0.3, 0.4) is 0 Å². The van der Waals surface area contributed by atoms with Gasteiger partial charge in [-0.15, -0.1) is 5.10 Å². The van der Waals surface area contributed by atoms with Gasteiger partial charge in [0.1, 0.15) is 11.9 Å². The molecule has 1 fully saturated rings. The number of amides is 1. The van der Waals surface area contributed by atoms with Crippen LogP contribution in [0.4, 0.5) is 10.1 Å². The number of anilines is 1. The molecule has 0 saturated carbocycles. The van der Waals surface area contributed by atoms with E-state index < -0.39 is 0 Å². The first-order chi connectivity index (χ1) is 15.5. The Labute approximate surface area is 186 Å². The molecule has 0 N–H and O–H groups in total. The number of carbonyl (C=O) groups is 1. The lowest BCUT2D eigenvalue weighted by Gasteiger charge is -2.36. The zero-order valence-electron chi connectivity index (χ0n) is 18.3. The molecule has 1 saturated heterocycles. The van der Waals surface area contributed by atoms with Gasteiger partial charge in [-0.05, 0) is 48.7 Å². The number of hydrogen-bond acceptors (Lipinski definition) is 5. The number of carbonyl (C=O) groups excluding carboxylic acids is 1. The molecule has 1 aromatic heterocycles. The molecule has 2 aromatic carbocycles. The van der Waals surface area contributed by atoms with Gasteiger partial charge in [0.05, 0.1) is 18.8 Å². The molecular weight excluding hydrogens is 409 g/mol. The molecule has 3 aromatic rings. The van der Waals surface area contributed by atoms with E-state index in [9.17, 15) is 9.18 Å². The monoisotopic (exact) mass is 435 g/mol. The standard InChI is InChI=1S/C24H26FN5O2/c1-16-3-4-17(2)20(13-16)28-9-11-29(12-10-28)24(31)23-21-15-32-22(14-30(21)27-26-23)18-5-7-19(25)8-6-18/h3-8,13,22H,9-12,14-15H2,1-2H3/t22-/m1/s1. The second kappa shape index (κ2) is 8.35. The van der Waals surface area contributed by atoms with Crippen LogP contribution in [0.15, 0.2) is 42.5 Å². The molecule has 8 heteroatoms. The summed E-state index contributed by atoms with van der Waals surface area (Å²) in [5.41, 5.74) is 5.66. The Balaban J connectivity index is 1.26. The zero-order valence-corrected chi connectivity index (χ0v) is 18.3. The van der Waals surface area contributed by atoms with Gasteiger partial charge >= 0.3 is 0 Å². The summed E-state index contributed by atoms with van der Waals surface area (Å²) in [5.74, 6) is -0.382. The van der Waals surface area contributed by atoms with Gasteiger partial charge in [-0.1, -0.05) is 29.5 Å². The summed E-state index contributed by atoms with van der Waals surface area (Å²) in [7, 11) is 0. The van der Waals surface area contributed by atoms with Crippen molar-refractivity contribution in [2.24, 2.45) is 0 Å². The molecule has 0 aliphatic carbocycles. The maximum atomic E-state index is 13.2. The quantitative estimate of drug-likeness (QED) is 0.632. The smallest absolute Gasteiger partial charge is 0.276 e. The second-order valence-corrected chi connectivity index (χ2v) is 8.49. The van der Waals surface area contributed by atoms with E-state index in [1.54, 1.807) is 16.8 Å². The largest absolute Gasteiger partial charge is 0.368 e. The fourth-order valence-corrected chi connectivity index (χ4v) is 4.42. The molecule has 3 heterocycles. The fraction of sp³-hybridized carbons (Fsp3) is 0.375. The van der Waals surface area contributed by atoms with Crippen LogP contribution in [-0.4, -0.2) is 52.0 Å². The highest BCUT2D eigenvalue weighted by Gasteiger charge is 2.31. The van der Waals surface area contributed by atoms with Gasteiger partial charge in [-0.2, -0.15) is 0 Å². The second-order valence-electron chi connectivity index (χ2n) is 8.49. The third-order valence-corrected chi connectivity index (χ3v) is 6.31. The molecule has 0 radical (unpaired) electrons. The third kappa shape index (κ3) is 3.86. The molecule has 2 aliphatic heterocycles. The van der Waals surface area contributed by atoms with E-state index in [0.717, 1.165) is 18.7 Å². The fourth-order valence-electron chi connectivity index (χ4n) is 4.42. The summed E-state index contributed by atoms with van der Waals surface area (Å²) in [4.78, 5) is 17.4. The molecular formula is C24H26FN5O2. The van der Waals surface area contributed by atoms with Crippen molar-refractivity contribution in [2.45, 2.75) is 33.1 Å². The highest BCUT2D eigenvalue weighted by molar-refractivity contribution is 5.93. The molecule has 0 bridgehead atoms. The van der Waals surface area contributed by atoms with Gasteiger partial charge < -0.3 is 14.5 Å². The minimum atomic E-state index is -0.281. The number of fused-ring (bicyclic) bond motifs is 1. The molecule has 0 unspecified atom stereocenters. The van der Waals surface area contributed by atoms with Crippen LogP contribution < -0.4 is 4.90 Å². The average Bonchev–Trinajstić information content (AvgIpc) is 3.24. The number of aryl methyl sites for hydroxylation is 2. The van der Waals surface area contributed by atoms with Crippen LogP contribution in [0.5, 0.6) is 0 Å². The zero-order chi connectivity index (χ0) is 22.2. The molecule has 32 heavy (non-hydrogen) atoms. The Kier molecular flexibility index (Phi) is 5.38. The summed E-state index contributed by atoms with van der Waals surface area (Å²) in [5, 5.41) is 8.39. The van der Waals surface area contributed by atoms with Crippen LogP contribution in [0.25, 0.3) is 0 Å². The highest BCUT2D eigenvalue weighted by atomic mass is 19.1. The SMILES string of the molecule is Cc1ccc(C)c(N2CCN(C(=O)c3nnn4c3CO[C@@H](c3ccc(F)cc3)C4)CC2)c1. The van der Waals surface area contributed by atoms with Gasteiger partial charge in [-0.25, -0.2) is 9.07 Å². The summed E-state index contributed by atoms with van der Waals surface area (Å²) < 4.78 is 20.9. The van der Waals surface area contributed by atoms with Crippen molar-refractivity contribution in [3.8, 4) is 0 Å². The number of halogens is 1. The molecule has 2 aliphatic rings. The van der Waals surface area contributed by atoms with Crippen LogP contribution in [0.2, 0.25) is 0 Å². The predicted molar refractivity (Wildman–Crippen MR) is 118 cm³/mol. The maximum Gasteiger partial charge on any atom is 0.276 e. The highest BCUT2D eigenvalue weighted by Crippen LogP contribution is 2.28. The van der Waals surface area contributed by atoms with Crippen molar-refractivity contribution in [1.29, 1.82) is 0 Å². The van der Waals surface area contributed by atoms with E-state index in [0.29, 0.717) is 31.0 Å². The first kappa shape index (κ1) is 20.6. The number of benzene rings is 2. The first-order valence-electron chi connectivity index (χ1n) is 10.9. The number of aromatic nitrogens is 3. The van der Waals surface area contributed by atoms with E-state index in [2.05, 4.69) is 47.3 Å². The Morgan fingerprint density at radius 2 is 1.81 bits per heavy atom. The summed E-state index contributed by atoms with van der Waals surface area (Å²) in [6.45, 7) is 7.75. The summed E-state index contributed by atoms with van der Waals surface area (Å²) >= 11 is 0. The van der Waals surface area contributed by atoms with Crippen molar-refractivity contribution in [1.82, 2.24) is 19.9 Å². The molecule has 1 amide bonds. The topological polar surface area (TPSA) is 63.5 Å². The van der Waals surface area contributed by atoms with Crippen molar-refractivity contribution >= 4 is 11.6 Å². The number of rotatable bonds is 3. The van der Waals surface area contributed by atoms with Crippen LogP contribution in [0.1, 0.15) is 39.0 Å². The predicted octanol–water partition coefficient (Wildman–Crippen LogP) is 3.27. The lowest BCUT2D eigenvalue weighted by molar-refractivity contribution is -0.00199. The lowest BCUT2D eigenvalue weighted by atomic mass is 10.1. The minimum absolute atomic E-state index is 0.101. The number of piperazine rings is 1. The molecule has 0 spiro atoms. The first-order valence-corrected chi connectivity index (χ1v) is 10.9. The van der Waals surface area contributed by atoms with E-state index in [1.165, 1.54) is 28.9 Å². The van der Waals surface area contributed by atoms with Gasteiger partial charge in [-0.3, -0.25) is 4.79 Å². The van der Waals surface area contributed by atoms with Crippen molar-refractivity contribution in [3.05, 3.63) is 76.4 Å². The molecule has 1 atom stereocenters. The van der Waals surface area contributed by atoms with Crippen LogP contribution in [0, 0.1) is 19.7 Å². The van der Waals surface area contributed by atoms with E-state index >= 15 is 0 Å². The lowest BCUT2D eigenvalue weighted by Crippen LogP contribution is -2.49. The van der Waals surface area contributed by atoms with E-state index in [4.69, 9.17) is 4.74 Å². The van der Waals surface area contributed by atoms with Crippen molar-refractivity contribution in [3.63, 3.8) is 0 Å². The molecule has 5 rings (SSSR count). The Bertz CT molecular complexity index is 1140. The van der Waals surface area contributed by atoms with Crippen LogP contribution >= 0.6 is 0 Å². The van der Waals surface area contributed by atoms with Gasteiger partial charge in [0, 0.05) is 31.9 Å². The maximum absolute atomic E-state index is 13.2. The van der Waals surface area contributed by atoms with Gasteiger partial charge in [0.25, 0.3) is 5.91 Å². The summed E-state index contributed by atoms with van der Waals surface area (Å²) in [6, 6.07) is 12.7. The minimum Gasteiger partial charge on any atom is -0.368 e. The Morgan fingerprint density at radius 3 is 2.56 bits per heavy atom. The molecule has 7 nitrogen and oxygen atoms in total. The van der Waals surface area contributed by atoms with Crippen LogP contribution in [-0.2, 0) is 17.9 Å². The van der Waals surface area contributed by atoms with Crippen molar-refractivity contribution < 1.29 is 13.9 Å². The average molecular weight is 436 g/mol. The third-order valence-electron chi connectivity index (χ3n) is 6.31. The van der Waals surface area contributed by atoms with E-state index in [1.807, 2.05) is 4.90 Å². The Hall–Kier alpha value is -3.26. The normalized spacial score (nSPS) is 18.5. The number of hydrogen-bond donors (Lipinski definition) is 0. The Morgan fingerprint density at radius 1 is 1.06 bits per heavy atom. The molecule has 166 valence electrons. The van der Waals surface area contributed by atoms with Gasteiger partial charge in [0.2, 0.25) is 0 Å². The number of ether oxygens (including phenoxy) is 1. The number of nitrogens with zero attached hydrogens (tertiary/aromatic N) is 5. The van der Waals surface area contributed by atoms with E-state index in [-0.39, 0.29) is 24.4 Å². The van der Waals surface area contributed by atoms with Crippen molar-refractivity contribution in [2.75, 3.05) is 31.1 Å². The summed E-state index contributed by atoms with van der Waals surface area (Å²) in [6.07, 6.45) is -0.242. The van der Waals surface area contributed by atoms with Gasteiger partial charge in [0.15, 0.2) is 5.69 Å².